The summed E-state index contributed by atoms with van der Waals surface area (Å²) in [6, 6.07) is 0. The summed E-state index contributed by atoms with van der Waals surface area (Å²) in [5.41, 5.74) is 0. The Morgan fingerprint density at radius 1 is 1.56 bits per heavy atom. The van der Waals surface area contributed by atoms with Gasteiger partial charge in [0.2, 0.25) is 0 Å². The first-order chi connectivity index (χ1) is 4.02. The van der Waals surface area contributed by atoms with Crippen LogP contribution in [0.3, 0.4) is 0 Å². The minimum absolute atomic E-state index is 0.0752. The average Bonchev–Trinajstić information content (AvgIpc) is 1.79. The van der Waals surface area contributed by atoms with Crippen molar-refractivity contribution in [2.45, 2.75) is 12.8 Å². The molecule has 0 saturated carbocycles. The molecule has 0 unspecified atom stereocenters. The monoisotopic (exact) mass is 135 g/mol. The molecule has 0 radical (unpaired) electrons. The molecule has 3 heteroatoms. The average molecular weight is 135 g/mol. The van der Waals surface area contributed by atoms with Crippen molar-refractivity contribution in [3.8, 4) is 0 Å². The number of alkyl halides is 2. The highest BCUT2D eigenvalue weighted by molar-refractivity contribution is 4.85. The summed E-state index contributed by atoms with van der Waals surface area (Å²) >= 11 is 0. The van der Waals surface area contributed by atoms with Crippen molar-refractivity contribution in [2.24, 2.45) is 5.92 Å². The molecular weight excluding hydrogens is 124 g/mol. The minimum atomic E-state index is -2.45. The highest BCUT2D eigenvalue weighted by Gasteiger charge is 2.43. The zero-order chi connectivity index (χ0) is 7.07. The highest BCUT2D eigenvalue weighted by atomic mass is 19.3. The standard InChI is InChI=1S/C6H11F2N/c1-5-3-9(2)4-6(5,7)8/h5H,3-4H2,1-2H3/t5-/m0/s1. The van der Waals surface area contributed by atoms with Gasteiger partial charge in [0.15, 0.2) is 0 Å². The lowest BCUT2D eigenvalue weighted by molar-refractivity contribution is -0.0197. The second-order valence-electron chi connectivity index (χ2n) is 2.86. The van der Waals surface area contributed by atoms with Crippen LogP contribution in [0.2, 0.25) is 0 Å². The van der Waals surface area contributed by atoms with Gasteiger partial charge >= 0.3 is 0 Å². The van der Waals surface area contributed by atoms with Crippen LogP contribution in [0.15, 0.2) is 0 Å². The summed E-state index contributed by atoms with van der Waals surface area (Å²) in [6.07, 6.45) is 0. The van der Waals surface area contributed by atoms with E-state index in [1.807, 2.05) is 0 Å². The first-order valence-corrected chi connectivity index (χ1v) is 3.09. The van der Waals surface area contributed by atoms with Crippen molar-refractivity contribution < 1.29 is 8.78 Å². The first-order valence-electron chi connectivity index (χ1n) is 3.09. The molecule has 1 heterocycles. The number of hydrogen-bond donors (Lipinski definition) is 0. The Balaban J connectivity index is 2.58. The zero-order valence-electron chi connectivity index (χ0n) is 5.69. The van der Waals surface area contributed by atoms with Crippen LogP contribution in [0.1, 0.15) is 6.92 Å². The fourth-order valence-corrected chi connectivity index (χ4v) is 1.18. The van der Waals surface area contributed by atoms with Crippen molar-refractivity contribution >= 4 is 0 Å². The van der Waals surface area contributed by atoms with E-state index in [1.165, 1.54) is 0 Å². The van der Waals surface area contributed by atoms with Gasteiger partial charge < -0.3 is 4.90 Å². The molecular formula is C6H11F2N. The fraction of sp³-hybridized carbons (Fsp3) is 1.00. The smallest absolute Gasteiger partial charge is 0.264 e. The van der Waals surface area contributed by atoms with Gasteiger partial charge in [-0.15, -0.1) is 0 Å². The van der Waals surface area contributed by atoms with E-state index in [-0.39, 0.29) is 6.54 Å². The third-order valence-corrected chi connectivity index (χ3v) is 1.79. The van der Waals surface area contributed by atoms with Crippen LogP contribution in [0.25, 0.3) is 0 Å². The van der Waals surface area contributed by atoms with Crippen LogP contribution in [0.5, 0.6) is 0 Å². The zero-order valence-corrected chi connectivity index (χ0v) is 5.69. The Morgan fingerprint density at radius 2 is 2.11 bits per heavy atom. The highest BCUT2D eigenvalue weighted by Crippen LogP contribution is 2.31. The molecule has 0 N–H and O–H groups in total. The van der Waals surface area contributed by atoms with Crippen LogP contribution in [-0.2, 0) is 0 Å². The molecule has 0 bridgehead atoms. The van der Waals surface area contributed by atoms with Crippen LogP contribution in [0, 0.1) is 5.92 Å². The van der Waals surface area contributed by atoms with E-state index >= 15 is 0 Å². The van der Waals surface area contributed by atoms with Gasteiger partial charge in [-0.2, -0.15) is 0 Å². The van der Waals surface area contributed by atoms with Crippen molar-refractivity contribution in [1.29, 1.82) is 0 Å². The van der Waals surface area contributed by atoms with Crippen LogP contribution >= 0.6 is 0 Å². The summed E-state index contributed by atoms with van der Waals surface area (Å²) < 4.78 is 25.1. The topological polar surface area (TPSA) is 3.24 Å². The number of halogens is 2. The quantitative estimate of drug-likeness (QED) is 0.482. The van der Waals surface area contributed by atoms with Crippen LogP contribution < -0.4 is 0 Å². The maximum absolute atomic E-state index is 12.5. The van der Waals surface area contributed by atoms with E-state index in [1.54, 1.807) is 18.9 Å². The first kappa shape index (κ1) is 6.93. The SMILES string of the molecule is C[C@H]1CN(C)CC1(F)F. The van der Waals surface area contributed by atoms with Crippen molar-refractivity contribution in [2.75, 3.05) is 20.1 Å². The Bertz CT molecular complexity index is 114. The maximum atomic E-state index is 12.5. The number of nitrogens with zero attached hydrogens (tertiary/aromatic N) is 1. The van der Waals surface area contributed by atoms with Crippen LogP contribution in [-0.4, -0.2) is 31.0 Å². The molecule has 1 fully saturated rings. The van der Waals surface area contributed by atoms with Crippen molar-refractivity contribution in [3.63, 3.8) is 0 Å². The van der Waals surface area contributed by atoms with Crippen molar-refractivity contribution in [3.05, 3.63) is 0 Å². The van der Waals surface area contributed by atoms with Gasteiger partial charge in [0, 0.05) is 12.5 Å². The predicted molar refractivity (Wildman–Crippen MR) is 31.6 cm³/mol. The number of rotatable bonds is 0. The molecule has 0 aliphatic carbocycles. The van der Waals surface area contributed by atoms with E-state index in [2.05, 4.69) is 0 Å². The Morgan fingerprint density at radius 3 is 2.22 bits per heavy atom. The molecule has 0 aromatic carbocycles. The van der Waals surface area contributed by atoms with Gasteiger partial charge in [-0.1, -0.05) is 6.92 Å². The fourth-order valence-electron chi connectivity index (χ4n) is 1.18. The molecule has 1 rings (SSSR count). The lowest BCUT2D eigenvalue weighted by Gasteiger charge is -2.11. The van der Waals surface area contributed by atoms with E-state index < -0.39 is 11.8 Å². The second kappa shape index (κ2) is 1.90. The van der Waals surface area contributed by atoms with E-state index in [0.717, 1.165) is 0 Å². The Hall–Kier alpha value is -0.180. The van der Waals surface area contributed by atoms with Gasteiger partial charge in [-0.05, 0) is 7.05 Å². The van der Waals surface area contributed by atoms with E-state index in [0.29, 0.717) is 6.54 Å². The minimum Gasteiger partial charge on any atom is -0.300 e. The summed E-state index contributed by atoms with van der Waals surface area (Å²) in [4.78, 5) is 1.66. The lowest BCUT2D eigenvalue weighted by atomic mass is 10.1. The van der Waals surface area contributed by atoms with Gasteiger partial charge in [0.05, 0.1) is 6.54 Å². The normalized spacial score (nSPS) is 35.3. The molecule has 1 atom stereocenters. The van der Waals surface area contributed by atoms with Gasteiger partial charge in [-0.25, -0.2) is 8.78 Å². The molecule has 0 aromatic heterocycles. The second-order valence-corrected chi connectivity index (χ2v) is 2.86. The van der Waals surface area contributed by atoms with E-state index in [4.69, 9.17) is 0 Å². The molecule has 54 valence electrons. The summed E-state index contributed by atoms with van der Waals surface area (Å²) in [7, 11) is 1.72. The van der Waals surface area contributed by atoms with E-state index in [9.17, 15) is 8.78 Å². The van der Waals surface area contributed by atoms with Gasteiger partial charge in [-0.3, -0.25) is 0 Å². The largest absolute Gasteiger partial charge is 0.300 e. The number of hydrogen-bond acceptors (Lipinski definition) is 1. The molecule has 1 aliphatic heterocycles. The molecule has 1 saturated heterocycles. The summed E-state index contributed by atoms with van der Waals surface area (Å²) in [5.74, 6) is -2.92. The lowest BCUT2D eigenvalue weighted by Crippen LogP contribution is -2.25. The molecule has 0 amide bonds. The Kier molecular flexibility index (Phi) is 1.47. The van der Waals surface area contributed by atoms with Crippen LogP contribution in [0.4, 0.5) is 8.78 Å². The molecule has 1 aliphatic rings. The van der Waals surface area contributed by atoms with Crippen molar-refractivity contribution in [1.82, 2.24) is 4.90 Å². The molecule has 0 aromatic rings. The third-order valence-electron chi connectivity index (χ3n) is 1.79. The third kappa shape index (κ3) is 1.21. The maximum Gasteiger partial charge on any atom is 0.264 e. The molecule has 9 heavy (non-hydrogen) atoms. The summed E-state index contributed by atoms with van der Waals surface area (Å²) in [6.45, 7) is 2.03. The molecule has 1 nitrogen and oxygen atoms in total. The van der Waals surface area contributed by atoms with Gasteiger partial charge in [0.25, 0.3) is 5.92 Å². The summed E-state index contributed by atoms with van der Waals surface area (Å²) in [5, 5.41) is 0. The predicted octanol–water partition coefficient (Wildman–Crippen LogP) is 1.20. The van der Waals surface area contributed by atoms with Gasteiger partial charge in [0.1, 0.15) is 0 Å². The number of likely N-dealkylation sites (tertiary alicyclic amines) is 1. The molecule has 0 spiro atoms. The Labute approximate surface area is 53.6 Å².